The van der Waals surface area contributed by atoms with E-state index in [1.165, 1.54) is 10.8 Å². The zero-order valence-corrected chi connectivity index (χ0v) is 12.7. The number of hydrogen-bond donors (Lipinski definition) is 0. The van der Waals surface area contributed by atoms with Crippen molar-refractivity contribution < 1.29 is 4.79 Å². The summed E-state index contributed by atoms with van der Waals surface area (Å²) >= 11 is 0. The number of nitrogens with zero attached hydrogens (tertiary/aromatic N) is 8. The van der Waals surface area contributed by atoms with Crippen molar-refractivity contribution in [1.82, 2.24) is 34.9 Å². The van der Waals surface area contributed by atoms with Crippen LogP contribution in [0.1, 0.15) is 32.6 Å². The van der Waals surface area contributed by atoms with E-state index >= 15 is 0 Å². The number of carbonyl (C=O) groups is 1. The molecule has 0 aliphatic carbocycles. The van der Waals surface area contributed by atoms with E-state index in [0.717, 1.165) is 32.4 Å². The molecular weight excluding hydrogens is 284 g/mol. The van der Waals surface area contributed by atoms with Gasteiger partial charge in [-0.05, 0) is 6.42 Å². The maximum Gasteiger partial charge on any atom is 0.290 e. The van der Waals surface area contributed by atoms with Gasteiger partial charge in [0.1, 0.15) is 6.33 Å². The van der Waals surface area contributed by atoms with Crippen molar-refractivity contribution in [3.63, 3.8) is 0 Å². The Morgan fingerprint density at radius 3 is 2.73 bits per heavy atom. The van der Waals surface area contributed by atoms with Gasteiger partial charge < -0.3 is 9.80 Å². The fraction of sp³-hybridized carbons (Fsp3) is 0.692. The van der Waals surface area contributed by atoms with Crippen LogP contribution >= 0.6 is 0 Å². The fourth-order valence-electron chi connectivity index (χ4n) is 2.53. The minimum Gasteiger partial charge on any atom is -0.339 e. The summed E-state index contributed by atoms with van der Waals surface area (Å²) in [6.07, 6.45) is 5.38. The third-order valence-electron chi connectivity index (χ3n) is 3.85. The molecular formula is C13H20N8O. The SMILES string of the molecule is CCCCCC(=O)N1CCN(c2nnc3nncn3n2)CC1. The van der Waals surface area contributed by atoms with Gasteiger partial charge >= 0.3 is 0 Å². The molecule has 0 aromatic carbocycles. The monoisotopic (exact) mass is 304 g/mol. The van der Waals surface area contributed by atoms with Crippen molar-refractivity contribution in [2.24, 2.45) is 0 Å². The number of piperazine rings is 1. The Bertz CT molecular complexity index is 634. The molecule has 3 rings (SSSR count). The summed E-state index contributed by atoms with van der Waals surface area (Å²) in [4.78, 5) is 16.1. The normalized spacial score (nSPS) is 15.5. The number of rotatable bonds is 5. The molecule has 0 atom stereocenters. The van der Waals surface area contributed by atoms with Crippen LogP contribution < -0.4 is 4.90 Å². The van der Waals surface area contributed by atoms with Crippen molar-refractivity contribution in [3.05, 3.63) is 6.33 Å². The van der Waals surface area contributed by atoms with Gasteiger partial charge in [0.25, 0.3) is 11.7 Å². The molecule has 9 heteroatoms. The van der Waals surface area contributed by atoms with Crippen molar-refractivity contribution >= 4 is 17.6 Å². The van der Waals surface area contributed by atoms with Gasteiger partial charge in [-0.1, -0.05) is 19.8 Å². The van der Waals surface area contributed by atoms with Gasteiger partial charge in [0.2, 0.25) is 5.91 Å². The Morgan fingerprint density at radius 2 is 1.95 bits per heavy atom. The molecule has 0 radical (unpaired) electrons. The molecule has 1 amide bonds. The molecule has 22 heavy (non-hydrogen) atoms. The summed E-state index contributed by atoms with van der Waals surface area (Å²) in [6.45, 7) is 4.98. The zero-order chi connectivity index (χ0) is 15.4. The molecule has 1 aliphatic rings. The van der Waals surface area contributed by atoms with Crippen molar-refractivity contribution in [1.29, 1.82) is 0 Å². The predicted molar refractivity (Wildman–Crippen MR) is 79.3 cm³/mol. The maximum atomic E-state index is 12.1. The van der Waals surface area contributed by atoms with E-state index in [1.54, 1.807) is 0 Å². The minimum atomic E-state index is 0.251. The van der Waals surface area contributed by atoms with Crippen molar-refractivity contribution in [2.45, 2.75) is 32.6 Å². The molecule has 118 valence electrons. The fourth-order valence-corrected chi connectivity index (χ4v) is 2.53. The first kappa shape index (κ1) is 14.6. The molecule has 0 bridgehead atoms. The number of anilines is 1. The highest BCUT2D eigenvalue weighted by atomic mass is 16.2. The van der Waals surface area contributed by atoms with Crippen LogP contribution in [0.25, 0.3) is 5.78 Å². The predicted octanol–water partition coefficient (Wildman–Crippen LogP) is 0.143. The molecule has 0 saturated carbocycles. The summed E-state index contributed by atoms with van der Waals surface area (Å²) in [5.74, 6) is 1.18. The number of unbranched alkanes of at least 4 members (excludes halogenated alkanes) is 2. The Kier molecular flexibility index (Phi) is 4.40. The van der Waals surface area contributed by atoms with Crippen LogP contribution in [0.5, 0.6) is 0 Å². The lowest BCUT2D eigenvalue weighted by atomic mass is 10.2. The van der Waals surface area contributed by atoms with Gasteiger partial charge in [-0.25, -0.2) is 0 Å². The van der Waals surface area contributed by atoms with Gasteiger partial charge in [-0.15, -0.1) is 25.5 Å². The van der Waals surface area contributed by atoms with Gasteiger partial charge in [0.15, 0.2) is 0 Å². The lowest BCUT2D eigenvalue weighted by Gasteiger charge is -2.34. The quantitative estimate of drug-likeness (QED) is 0.726. The van der Waals surface area contributed by atoms with Gasteiger partial charge in [-0.2, -0.15) is 4.52 Å². The summed E-state index contributed by atoms with van der Waals surface area (Å²) in [6, 6.07) is 0. The number of amides is 1. The van der Waals surface area contributed by atoms with Crippen LogP contribution in [0, 0.1) is 0 Å². The lowest BCUT2D eigenvalue weighted by Crippen LogP contribution is -2.49. The average Bonchev–Trinajstić information content (AvgIpc) is 3.02. The highest BCUT2D eigenvalue weighted by Gasteiger charge is 2.22. The minimum absolute atomic E-state index is 0.251. The smallest absolute Gasteiger partial charge is 0.290 e. The second-order valence-electron chi connectivity index (χ2n) is 5.40. The standard InChI is InChI=1S/C13H20N8O/c1-2-3-4-5-11(22)19-6-8-20(9-7-19)13-17-16-12-15-14-10-21(12)18-13/h10H,2-9H2,1H3. The number of aromatic nitrogens is 6. The molecule has 0 N–H and O–H groups in total. The highest BCUT2D eigenvalue weighted by Crippen LogP contribution is 2.11. The van der Waals surface area contributed by atoms with E-state index in [2.05, 4.69) is 32.4 Å². The molecule has 0 unspecified atom stereocenters. The molecule has 2 aromatic heterocycles. The largest absolute Gasteiger partial charge is 0.339 e. The summed E-state index contributed by atoms with van der Waals surface area (Å²) in [5, 5.41) is 19.9. The third-order valence-corrected chi connectivity index (χ3v) is 3.85. The van der Waals surface area contributed by atoms with E-state index in [1.807, 2.05) is 9.80 Å². The molecule has 1 saturated heterocycles. The molecule has 9 nitrogen and oxygen atoms in total. The first-order valence-corrected chi connectivity index (χ1v) is 7.71. The first-order chi connectivity index (χ1) is 10.8. The maximum absolute atomic E-state index is 12.1. The first-order valence-electron chi connectivity index (χ1n) is 7.71. The average molecular weight is 304 g/mol. The Labute approximate surface area is 128 Å². The topological polar surface area (TPSA) is 92.4 Å². The Morgan fingerprint density at radius 1 is 1.14 bits per heavy atom. The highest BCUT2D eigenvalue weighted by molar-refractivity contribution is 5.76. The van der Waals surface area contributed by atoms with Crippen LogP contribution in [-0.2, 0) is 4.79 Å². The van der Waals surface area contributed by atoms with Crippen LogP contribution in [0.3, 0.4) is 0 Å². The van der Waals surface area contributed by atoms with E-state index in [0.29, 0.717) is 31.2 Å². The number of carbonyl (C=O) groups excluding carboxylic acids is 1. The zero-order valence-electron chi connectivity index (χ0n) is 12.7. The summed E-state index contributed by atoms with van der Waals surface area (Å²) in [5.41, 5.74) is 0. The summed E-state index contributed by atoms with van der Waals surface area (Å²) < 4.78 is 1.50. The van der Waals surface area contributed by atoms with E-state index in [-0.39, 0.29) is 5.91 Å². The van der Waals surface area contributed by atoms with E-state index in [9.17, 15) is 4.79 Å². The third kappa shape index (κ3) is 3.12. The van der Waals surface area contributed by atoms with Crippen LogP contribution in [0.15, 0.2) is 6.33 Å². The second-order valence-corrected chi connectivity index (χ2v) is 5.40. The molecule has 0 spiro atoms. The second kappa shape index (κ2) is 6.63. The van der Waals surface area contributed by atoms with Crippen LogP contribution in [0.2, 0.25) is 0 Å². The Hall–Kier alpha value is -2.32. The van der Waals surface area contributed by atoms with E-state index in [4.69, 9.17) is 0 Å². The lowest BCUT2D eigenvalue weighted by molar-refractivity contribution is -0.131. The van der Waals surface area contributed by atoms with Crippen LogP contribution in [0.4, 0.5) is 5.95 Å². The molecule has 1 fully saturated rings. The Balaban J connectivity index is 1.55. The van der Waals surface area contributed by atoms with Gasteiger partial charge in [-0.3, -0.25) is 4.79 Å². The molecule has 1 aliphatic heterocycles. The summed E-state index contributed by atoms with van der Waals surface area (Å²) in [7, 11) is 0. The van der Waals surface area contributed by atoms with Crippen molar-refractivity contribution in [3.8, 4) is 0 Å². The van der Waals surface area contributed by atoms with Crippen LogP contribution in [-0.4, -0.2) is 67.0 Å². The van der Waals surface area contributed by atoms with Gasteiger partial charge in [0, 0.05) is 32.6 Å². The number of fused-ring (bicyclic) bond motifs is 1. The molecule has 3 heterocycles. The van der Waals surface area contributed by atoms with E-state index < -0.39 is 0 Å². The molecule has 2 aromatic rings. The van der Waals surface area contributed by atoms with Gasteiger partial charge in [0.05, 0.1) is 0 Å². The number of hydrogen-bond acceptors (Lipinski definition) is 7. The van der Waals surface area contributed by atoms with Crippen molar-refractivity contribution in [2.75, 3.05) is 31.1 Å².